The lowest BCUT2D eigenvalue weighted by atomic mass is 10.0. The van der Waals surface area contributed by atoms with Crippen molar-refractivity contribution in [3.8, 4) is 0 Å². The Morgan fingerprint density at radius 3 is 2.65 bits per heavy atom. The SMILES string of the molecule is CN(C)C(=O)CN1CCC(NCC2COCCO2)CC1. The molecule has 2 aliphatic heterocycles. The summed E-state index contributed by atoms with van der Waals surface area (Å²) in [4.78, 5) is 15.6. The van der Waals surface area contributed by atoms with Crippen LogP contribution in [-0.4, -0.2) is 87.9 Å². The molecule has 0 spiro atoms. The number of piperidine rings is 1. The molecule has 0 radical (unpaired) electrons. The van der Waals surface area contributed by atoms with Crippen molar-refractivity contribution in [3.05, 3.63) is 0 Å². The third kappa shape index (κ3) is 5.01. The molecule has 2 aliphatic rings. The topological polar surface area (TPSA) is 54.0 Å². The van der Waals surface area contributed by atoms with E-state index in [2.05, 4.69) is 10.2 Å². The average molecular weight is 285 g/mol. The van der Waals surface area contributed by atoms with Crippen LogP contribution in [-0.2, 0) is 14.3 Å². The Labute approximate surface area is 121 Å². The van der Waals surface area contributed by atoms with Gasteiger partial charge in [-0.25, -0.2) is 0 Å². The summed E-state index contributed by atoms with van der Waals surface area (Å²) in [6.45, 7) is 5.49. The number of nitrogens with zero attached hydrogens (tertiary/aromatic N) is 2. The quantitative estimate of drug-likeness (QED) is 0.741. The third-order valence-electron chi connectivity index (χ3n) is 3.96. The molecule has 1 unspecified atom stereocenters. The van der Waals surface area contributed by atoms with Crippen LogP contribution in [0.1, 0.15) is 12.8 Å². The molecule has 0 aliphatic carbocycles. The summed E-state index contributed by atoms with van der Waals surface area (Å²) < 4.78 is 11.0. The van der Waals surface area contributed by atoms with Gasteiger partial charge < -0.3 is 19.7 Å². The second-order valence-electron chi connectivity index (χ2n) is 5.81. The summed E-state index contributed by atoms with van der Waals surface area (Å²) in [5.74, 6) is 0.184. The number of nitrogens with one attached hydrogen (secondary N) is 1. The van der Waals surface area contributed by atoms with E-state index in [-0.39, 0.29) is 12.0 Å². The smallest absolute Gasteiger partial charge is 0.236 e. The van der Waals surface area contributed by atoms with Crippen molar-refractivity contribution in [2.24, 2.45) is 0 Å². The highest BCUT2D eigenvalue weighted by molar-refractivity contribution is 5.77. The molecule has 0 aromatic heterocycles. The number of amides is 1. The Kier molecular flexibility index (Phi) is 6.22. The van der Waals surface area contributed by atoms with Crippen LogP contribution in [0.2, 0.25) is 0 Å². The van der Waals surface area contributed by atoms with E-state index in [1.165, 1.54) is 0 Å². The van der Waals surface area contributed by atoms with Crippen molar-refractivity contribution in [3.63, 3.8) is 0 Å². The highest BCUT2D eigenvalue weighted by atomic mass is 16.6. The molecule has 0 saturated carbocycles. The maximum atomic E-state index is 11.7. The Morgan fingerprint density at radius 1 is 1.30 bits per heavy atom. The summed E-state index contributed by atoms with van der Waals surface area (Å²) in [5.41, 5.74) is 0. The Morgan fingerprint density at radius 2 is 2.05 bits per heavy atom. The van der Waals surface area contributed by atoms with E-state index in [1.54, 1.807) is 4.90 Å². The standard InChI is InChI=1S/C14H27N3O3/c1-16(2)14(18)10-17-5-3-12(4-6-17)15-9-13-11-19-7-8-20-13/h12-13,15H,3-11H2,1-2H3. The van der Waals surface area contributed by atoms with E-state index in [0.717, 1.165) is 39.1 Å². The van der Waals surface area contributed by atoms with Gasteiger partial charge in [0.25, 0.3) is 0 Å². The number of hydrogen-bond acceptors (Lipinski definition) is 5. The van der Waals surface area contributed by atoms with Crippen LogP contribution >= 0.6 is 0 Å². The van der Waals surface area contributed by atoms with Crippen LogP contribution in [0.25, 0.3) is 0 Å². The molecule has 6 nitrogen and oxygen atoms in total. The third-order valence-corrected chi connectivity index (χ3v) is 3.96. The van der Waals surface area contributed by atoms with Crippen LogP contribution in [0.15, 0.2) is 0 Å². The van der Waals surface area contributed by atoms with Gasteiger partial charge in [-0.1, -0.05) is 0 Å². The molecule has 1 amide bonds. The van der Waals surface area contributed by atoms with Crippen molar-refractivity contribution in [1.29, 1.82) is 0 Å². The Hall–Kier alpha value is -0.690. The van der Waals surface area contributed by atoms with E-state index in [1.807, 2.05) is 14.1 Å². The second-order valence-corrected chi connectivity index (χ2v) is 5.81. The molecule has 0 bridgehead atoms. The van der Waals surface area contributed by atoms with Gasteiger partial charge in [0, 0.05) is 39.8 Å². The predicted octanol–water partition coefficient (Wildman–Crippen LogP) is -0.456. The van der Waals surface area contributed by atoms with Crippen molar-refractivity contribution in [2.45, 2.75) is 25.0 Å². The molecule has 1 N–H and O–H groups in total. The summed E-state index contributed by atoms with van der Waals surface area (Å²) >= 11 is 0. The zero-order valence-electron chi connectivity index (χ0n) is 12.6. The number of ether oxygens (including phenoxy) is 2. The minimum Gasteiger partial charge on any atom is -0.376 e. The first-order chi connectivity index (χ1) is 9.65. The van der Waals surface area contributed by atoms with Gasteiger partial charge in [0.1, 0.15) is 0 Å². The van der Waals surface area contributed by atoms with Gasteiger partial charge in [0.2, 0.25) is 5.91 Å². The van der Waals surface area contributed by atoms with Gasteiger partial charge in [-0.15, -0.1) is 0 Å². The fourth-order valence-corrected chi connectivity index (χ4v) is 2.58. The van der Waals surface area contributed by atoms with Gasteiger partial charge in [0.05, 0.1) is 32.5 Å². The van der Waals surface area contributed by atoms with Gasteiger partial charge >= 0.3 is 0 Å². The zero-order chi connectivity index (χ0) is 14.4. The van der Waals surface area contributed by atoms with Crippen LogP contribution < -0.4 is 5.32 Å². The number of carbonyl (C=O) groups excluding carboxylic acids is 1. The van der Waals surface area contributed by atoms with Crippen LogP contribution in [0.3, 0.4) is 0 Å². The fraction of sp³-hybridized carbons (Fsp3) is 0.929. The normalized spacial score (nSPS) is 25.6. The molecule has 1 atom stereocenters. The van der Waals surface area contributed by atoms with E-state index in [4.69, 9.17) is 9.47 Å². The highest BCUT2D eigenvalue weighted by Gasteiger charge is 2.22. The Balaban J connectivity index is 1.60. The van der Waals surface area contributed by atoms with Gasteiger partial charge in [-0.3, -0.25) is 9.69 Å². The van der Waals surface area contributed by atoms with Crippen molar-refractivity contribution < 1.29 is 14.3 Å². The molecule has 2 rings (SSSR count). The molecular weight excluding hydrogens is 258 g/mol. The number of carbonyl (C=O) groups is 1. The first-order valence-corrected chi connectivity index (χ1v) is 7.50. The molecular formula is C14H27N3O3. The second kappa shape index (κ2) is 7.93. The Bertz CT molecular complexity index is 298. The monoisotopic (exact) mass is 285 g/mol. The van der Waals surface area contributed by atoms with Crippen molar-refractivity contribution >= 4 is 5.91 Å². The summed E-state index contributed by atoms with van der Waals surface area (Å²) in [6.07, 6.45) is 2.37. The van der Waals surface area contributed by atoms with Gasteiger partial charge in [0.15, 0.2) is 0 Å². The molecule has 0 aromatic rings. The predicted molar refractivity (Wildman–Crippen MR) is 76.7 cm³/mol. The van der Waals surface area contributed by atoms with E-state index >= 15 is 0 Å². The fourth-order valence-electron chi connectivity index (χ4n) is 2.58. The minimum atomic E-state index is 0.184. The first kappa shape index (κ1) is 15.7. The lowest BCUT2D eigenvalue weighted by Gasteiger charge is -2.33. The lowest BCUT2D eigenvalue weighted by molar-refractivity contribution is -0.130. The lowest BCUT2D eigenvalue weighted by Crippen LogP contribution is -2.48. The summed E-state index contributed by atoms with van der Waals surface area (Å²) in [5, 5.41) is 3.56. The van der Waals surface area contributed by atoms with Crippen LogP contribution in [0.5, 0.6) is 0 Å². The number of rotatable bonds is 5. The van der Waals surface area contributed by atoms with Crippen LogP contribution in [0.4, 0.5) is 0 Å². The molecule has 20 heavy (non-hydrogen) atoms. The van der Waals surface area contributed by atoms with E-state index in [9.17, 15) is 4.79 Å². The first-order valence-electron chi connectivity index (χ1n) is 7.50. The zero-order valence-corrected chi connectivity index (χ0v) is 12.6. The van der Waals surface area contributed by atoms with E-state index in [0.29, 0.717) is 25.8 Å². The van der Waals surface area contributed by atoms with Crippen LogP contribution in [0, 0.1) is 0 Å². The van der Waals surface area contributed by atoms with Gasteiger partial charge in [-0.2, -0.15) is 0 Å². The average Bonchev–Trinajstić information content (AvgIpc) is 2.47. The molecule has 2 heterocycles. The number of likely N-dealkylation sites (N-methyl/N-ethyl adjacent to an activating group) is 1. The maximum absolute atomic E-state index is 11.7. The molecule has 2 fully saturated rings. The van der Waals surface area contributed by atoms with Crippen molar-refractivity contribution in [2.75, 3.05) is 60.1 Å². The molecule has 2 saturated heterocycles. The molecule has 0 aromatic carbocycles. The van der Waals surface area contributed by atoms with Crippen molar-refractivity contribution in [1.82, 2.24) is 15.1 Å². The van der Waals surface area contributed by atoms with Gasteiger partial charge in [-0.05, 0) is 12.8 Å². The molecule has 6 heteroatoms. The number of hydrogen-bond donors (Lipinski definition) is 1. The largest absolute Gasteiger partial charge is 0.376 e. The minimum absolute atomic E-state index is 0.184. The molecule has 116 valence electrons. The summed E-state index contributed by atoms with van der Waals surface area (Å²) in [6, 6.07) is 0.534. The highest BCUT2D eigenvalue weighted by Crippen LogP contribution is 2.11. The summed E-state index contributed by atoms with van der Waals surface area (Å²) in [7, 11) is 3.62. The number of likely N-dealkylation sites (tertiary alicyclic amines) is 1. The van der Waals surface area contributed by atoms with E-state index < -0.39 is 0 Å². The maximum Gasteiger partial charge on any atom is 0.236 e.